The Morgan fingerprint density at radius 2 is 1.69 bits per heavy atom. The highest BCUT2D eigenvalue weighted by Gasteiger charge is 2.29. The van der Waals surface area contributed by atoms with Crippen LogP contribution in [0.15, 0.2) is 36.4 Å². The van der Waals surface area contributed by atoms with E-state index in [-0.39, 0.29) is 0 Å². The van der Waals surface area contributed by atoms with Crippen LogP contribution in [0.1, 0.15) is 25.7 Å². The number of hydrogen-bond acceptors (Lipinski definition) is 6. The Balaban J connectivity index is 1.17. The van der Waals surface area contributed by atoms with Gasteiger partial charge in [0.1, 0.15) is 11.4 Å². The standard InChI is InChI=1S/C27H35N7O/c1-32-12-8-18(9-13-32)33(2)19-10-14-34(15-11-19)20-4-6-24-25(16-20)29-27(28-24)26-22-17-21(35-3)5-7-23(22)30-31-26/h4-7,16-19H,8-15H2,1-3H3,(H,28,29)(H,30,31). The molecular weight excluding hydrogens is 438 g/mol. The van der Waals surface area contributed by atoms with Gasteiger partial charge >= 0.3 is 0 Å². The summed E-state index contributed by atoms with van der Waals surface area (Å²) in [5.41, 5.74) is 5.05. The van der Waals surface area contributed by atoms with Crippen molar-refractivity contribution in [3.8, 4) is 17.3 Å². The molecule has 8 nitrogen and oxygen atoms in total. The molecule has 0 bridgehead atoms. The number of fused-ring (bicyclic) bond motifs is 2. The van der Waals surface area contributed by atoms with Crippen LogP contribution in [0.3, 0.4) is 0 Å². The second-order valence-electron chi connectivity index (χ2n) is 10.2. The molecule has 2 saturated heterocycles. The monoisotopic (exact) mass is 473 g/mol. The Morgan fingerprint density at radius 3 is 2.43 bits per heavy atom. The van der Waals surface area contributed by atoms with Gasteiger partial charge in [0.25, 0.3) is 0 Å². The van der Waals surface area contributed by atoms with Crippen molar-refractivity contribution >= 4 is 27.6 Å². The zero-order valence-electron chi connectivity index (χ0n) is 20.9. The molecule has 4 aromatic rings. The molecule has 0 saturated carbocycles. The Morgan fingerprint density at radius 1 is 0.943 bits per heavy atom. The second-order valence-corrected chi connectivity index (χ2v) is 10.2. The molecule has 0 atom stereocenters. The number of methoxy groups -OCH3 is 1. The summed E-state index contributed by atoms with van der Waals surface area (Å²) in [6.45, 7) is 4.64. The van der Waals surface area contributed by atoms with E-state index in [1.54, 1.807) is 7.11 Å². The van der Waals surface area contributed by atoms with Crippen molar-refractivity contribution in [3.05, 3.63) is 36.4 Å². The average Bonchev–Trinajstić information content (AvgIpc) is 3.51. The van der Waals surface area contributed by atoms with Gasteiger partial charge in [0.15, 0.2) is 5.82 Å². The minimum atomic E-state index is 0.687. The van der Waals surface area contributed by atoms with Crippen molar-refractivity contribution in [1.29, 1.82) is 0 Å². The first-order valence-corrected chi connectivity index (χ1v) is 12.8. The zero-order chi connectivity index (χ0) is 23.9. The molecule has 6 rings (SSSR count). The van der Waals surface area contributed by atoms with Crippen molar-refractivity contribution in [2.45, 2.75) is 37.8 Å². The van der Waals surface area contributed by atoms with Crippen LogP contribution < -0.4 is 9.64 Å². The van der Waals surface area contributed by atoms with Gasteiger partial charge in [-0.15, -0.1) is 0 Å². The van der Waals surface area contributed by atoms with Gasteiger partial charge in [0.05, 0.1) is 23.7 Å². The molecule has 184 valence electrons. The fourth-order valence-electron chi connectivity index (χ4n) is 5.84. The van der Waals surface area contributed by atoms with E-state index in [2.05, 4.69) is 62.2 Å². The molecule has 2 aliphatic heterocycles. The quantitative estimate of drug-likeness (QED) is 0.454. The molecule has 2 N–H and O–H groups in total. The third-order valence-corrected chi connectivity index (χ3v) is 8.13. The van der Waals surface area contributed by atoms with Crippen LogP contribution in [0.2, 0.25) is 0 Å². The summed E-state index contributed by atoms with van der Waals surface area (Å²) >= 11 is 0. The van der Waals surface area contributed by atoms with Crippen LogP contribution >= 0.6 is 0 Å². The molecule has 8 heteroatoms. The van der Waals surface area contributed by atoms with Crippen LogP contribution in [-0.2, 0) is 0 Å². The number of nitrogens with one attached hydrogen (secondary N) is 2. The lowest BCUT2D eigenvalue weighted by atomic mass is 9.97. The first-order valence-electron chi connectivity index (χ1n) is 12.8. The lowest BCUT2D eigenvalue weighted by Gasteiger charge is -2.43. The minimum absolute atomic E-state index is 0.687. The fraction of sp³-hybridized carbons (Fsp3) is 0.481. The molecule has 2 fully saturated rings. The number of piperidine rings is 2. The van der Waals surface area contributed by atoms with E-state index in [4.69, 9.17) is 9.72 Å². The molecule has 0 unspecified atom stereocenters. The molecule has 2 aromatic heterocycles. The summed E-state index contributed by atoms with van der Waals surface area (Å²) < 4.78 is 5.40. The second kappa shape index (κ2) is 9.17. The third kappa shape index (κ3) is 4.25. The largest absolute Gasteiger partial charge is 0.497 e. The van der Waals surface area contributed by atoms with Gasteiger partial charge in [0.2, 0.25) is 0 Å². The smallest absolute Gasteiger partial charge is 0.159 e. The summed E-state index contributed by atoms with van der Waals surface area (Å²) in [5, 5.41) is 8.63. The van der Waals surface area contributed by atoms with Gasteiger partial charge in [0, 0.05) is 36.2 Å². The molecule has 0 radical (unpaired) electrons. The molecule has 4 heterocycles. The van der Waals surface area contributed by atoms with E-state index >= 15 is 0 Å². The first-order chi connectivity index (χ1) is 17.1. The number of hydrogen-bond donors (Lipinski definition) is 2. The highest BCUT2D eigenvalue weighted by Crippen LogP contribution is 2.31. The molecular formula is C27H35N7O. The highest BCUT2D eigenvalue weighted by atomic mass is 16.5. The lowest BCUT2D eigenvalue weighted by Crippen LogP contribution is -2.50. The summed E-state index contributed by atoms with van der Waals surface area (Å²) in [6, 6.07) is 13.9. The van der Waals surface area contributed by atoms with Gasteiger partial charge in [-0.1, -0.05) is 0 Å². The van der Waals surface area contributed by atoms with Gasteiger partial charge in [-0.2, -0.15) is 5.10 Å². The molecule has 0 spiro atoms. The number of likely N-dealkylation sites (tertiary alicyclic amines) is 1. The van der Waals surface area contributed by atoms with Crippen molar-refractivity contribution < 1.29 is 4.74 Å². The van der Waals surface area contributed by atoms with Crippen molar-refractivity contribution in [2.75, 3.05) is 52.3 Å². The van der Waals surface area contributed by atoms with Gasteiger partial charge in [-0.05, 0) is 89.3 Å². The predicted octanol–water partition coefficient (Wildman–Crippen LogP) is 4.11. The summed E-state index contributed by atoms with van der Waals surface area (Å²) in [7, 11) is 6.27. The van der Waals surface area contributed by atoms with Crippen LogP contribution in [-0.4, -0.2) is 89.4 Å². The Kier molecular flexibility index (Phi) is 5.86. The van der Waals surface area contributed by atoms with E-state index in [9.17, 15) is 0 Å². The SMILES string of the molecule is COc1ccc2[nH]nc(-c3nc4ccc(N5CCC(N(C)C6CCN(C)CC6)CC5)cc4[nH]3)c2c1. The van der Waals surface area contributed by atoms with E-state index < -0.39 is 0 Å². The van der Waals surface area contributed by atoms with E-state index in [1.165, 1.54) is 44.5 Å². The van der Waals surface area contributed by atoms with Crippen LogP contribution in [0.5, 0.6) is 5.75 Å². The Bertz CT molecular complexity index is 1310. The van der Waals surface area contributed by atoms with Crippen molar-refractivity contribution in [3.63, 3.8) is 0 Å². The maximum absolute atomic E-state index is 5.40. The normalized spacial score (nSPS) is 18.8. The van der Waals surface area contributed by atoms with Gasteiger partial charge in [-0.3, -0.25) is 5.10 Å². The van der Waals surface area contributed by atoms with Crippen molar-refractivity contribution in [2.24, 2.45) is 0 Å². The zero-order valence-corrected chi connectivity index (χ0v) is 20.9. The number of H-pyrrole nitrogens is 2. The minimum Gasteiger partial charge on any atom is -0.497 e. The third-order valence-electron chi connectivity index (χ3n) is 8.13. The Labute approximate surface area is 206 Å². The van der Waals surface area contributed by atoms with Crippen LogP contribution in [0.4, 0.5) is 5.69 Å². The summed E-state index contributed by atoms with van der Waals surface area (Å²) in [6.07, 6.45) is 5.03. The molecule has 0 amide bonds. The van der Waals surface area contributed by atoms with E-state index in [0.29, 0.717) is 6.04 Å². The van der Waals surface area contributed by atoms with Crippen LogP contribution in [0.25, 0.3) is 33.5 Å². The van der Waals surface area contributed by atoms with Gasteiger partial charge < -0.3 is 24.4 Å². The summed E-state index contributed by atoms with van der Waals surface area (Å²) in [5.74, 6) is 1.58. The summed E-state index contributed by atoms with van der Waals surface area (Å²) in [4.78, 5) is 16.0. The number of imidazole rings is 1. The number of aromatic amines is 2. The number of nitrogens with zero attached hydrogens (tertiary/aromatic N) is 5. The number of anilines is 1. The van der Waals surface area contributed by atoms with Gasteiger partial charge in [-0.25, -0.2) is 4.98 Å². The number of ether oxygens (including phenoxy) is 1. The lowest BCUT2D eigenvalue weighted by molar-refractivity contribution is 0.0947. The van der Waals surface area contributed by atoms with E-state index in [0.717, 1.165) is 58.3 Å². The molecule has 35 heavy (non-hydrogen) atoms. The topological polar surface area (TPSA) is 76.3 Å². The fourth-order valence-corrected chi connectivity index (χ4v) is 5.84. The molecule has 2 aromatic carbocycles. The van der Waals surface area contributed by atoms with Crippen molar-refractivity contribution in [1.82, 2.24) is 30.0 Å². The number of rotatable bonds is 5. The molecule has 2 aliphatic rings. The maximum atomic E-state index is 5.40. The molecule has 0 aliphatic carbocycles. The number of benzene rings is 2. The Hall–Kier alpha value is -3.10. The van der Waals surface area contributed by atoms with Crippen LogP contribution in [0, 0.1) is 0 Å². The number of aromatic nitrogens is 4. The predicted molar refractivity (Wildman–Crippen MR) is 141 cm³/mol. The highest BCUT2D eigenvalue weighted by molar-refractivity contribution is 5.94. The first kappa shape index (κ1) is 22.4. The average molecular weight is 474 g/mol. The maximum Gasteiger partial charge on any atom is 0.159 e. The van der Waals surface area contributed by atoms with E-state index in [1.807, 2.05) is 18.2 Å².